The number of aliphatic carboxylic acids is 1. The number of carbonyl (C=O) groups is 1. The summed E-state index contributed by atoms with van der Waals surface area (Å²) in [7, 11) is 1.91. The molecule has 2 heterocycles. The van der Waals surface area contributed by atoms with Crippen LogP contribution in [0.15, 0.2) is 67.0 Å². The molecule has 0 bridgehead atoms. The number of aromatic nitrogens is 1. The van der Waals surface area contributed by atoms with Crippen LogP contribution in [0.5, 0.6) is 17.2 Å². The highest BCUT2D eigenvalue weighted by Crippen LogP contribution is 2.37. The topological polar surface area (TPSA) is 149 Å². The number of aliphatic hydroxyl groups is 2. The average molecular weight is 757 g/mol. The van der Waals surface area contributed by atoms with Crippen LogP contribution in [-0.2, 0) is 24.6 Å². The van der Waals surface area contributed by atoms with Gasteiger partial charge in [-0.15, -0.1) is 0 Å². The van der Waals surface area contributed by atoms with E-state index in [0.29, 0.717) is 54.7 Å². The molecule has 1 fully saturated rings. The maximum atomic E-state index is 12.1. The molecular weight excluding hydrogens is 708 g/mol. The summed E-state index contributed by atoms with van der Waals surface area (Å²) in [5.74, 6) is 0.908. The first-order valence-corrected chi connectivity index (χ1v) is 18.6. The summed E-state index contributed by atoms with van der Waals surface area (Å²) in [6.07, 6.45) is 5.51. The Bertz CT molecular complexity index is 1930. The van der Waals surface area contributed by atoms with Crippen LogP contribution >= 0.6 is 11.6 Å². The van der Waals surface area contributed by atoms with Gasteiger partial charge >= 0.3 is 5.97 Å². The van der Waals surface area contributed by atoms with Crippen molar-refractivity contribution in [3.05, 3.63) is 105 Å². The minimum absolute atomic E-state index is 0.147. The van der Waals surface area contributed by atoms with Crippen LogP contribution in [0.2, 0.25) is 5.02 Å². The van der Waals surface area contributed by atoms with Crippen LogP contribution in [0.25, 0.3) is 11.1 Å². The molecule has 3 aromatic carbocycles. The van der Waals surface area contributed by atoms with Gasteiger partial charge in [-0.1, -0.05) is 48.4 Å². The third-order valence-electron chi connectivity index (χ3n) is 9.78. The molecule has 0 amide bonds. The smallest absolute Gasteiger partial charge is 0.320 e. The molecule has 0 spiro atoms. The first kappa shape index (κ1) is 40.5. The van der Waals surface area contributed by atoms with Crippen LogP contribution in [0, 0.1) is 25.2 Å². The molecule has 3 N–H and O–H groups in total. The molecule has 4 aromatic rings. The summed E-state index contributed by atoms with van der Waals surface area (Å²) < 4.78 is 18.8. The second-order valence-corrected chi connectivity index (χ2v) is 14.2. The SMILES string of the molecule is Cc1c(COc2cc(OCc3cncc(C#N)c3)c(CN3CCCCC3C(=O)O)cc2Cl)cccc1-c1cccc(OCCCN(C)CC(O)CO)c1C. The lowest BCUT2D eigenvalue weighted by Crippen LogP contribution is -2.44. The van der Waals surface area contributed by atoms with E-state index in [9.17, 15) is 20.3 Å². The summed E-state index contributed by atoms with van der Waals surface area (Å²) in [5, 5.41) is 38.4. The van der Waals surface area contributed by atoms with E-state index >= 15 is 0 Å². The predicted molar refractivity (Wildman–Crippen MR) is 207 cm³/mol. The molecule has 2 atom stereocenters. The van der Waals surface area contributed by atoms with E-state index in [1.807, 2.05) is 41.1 Å². The van der Waals surface area contributed by atoms with Crippen molar-refractivity contribution in [2.75, 3.05) is 39.9 Å². The Morgan fingerprint density at radius 2 is 1.76 bits per heavy atom. The van der Waals surface area contributed by atoms with Gasteiger partial charge in [0.15, 0.2) is 0 Å². The molecule has 54 heavy (non-hydrogen) atoms. The van der Waals surface area contributed by atoms with Gasteiger partial charge in [-0.3, -0.25) is 14.7 Å². The number of hydrogen-bond acceptors (Lipinski definition) is 10. The van der Waals surface area contributed by atoms with E-state index in [2.05, 4.69) is 37.0 Å². The molecule has 0 aliphatic carbocycles. The van der Waals surface area contributed by atoms with Crippen molar-refractivity contribution in [2.45, 2.75) is 71.4 Å². The van der Waals surface area contributed by atoms with Crippen molar-refractivity contribution in [2.24, 2.45) is 0 Å². The summed E-state index contributed by atoms with van der Waals surface area (Å²) >= 11 is 6.85. The largest absolute Gasteiger partial charge is 0.493 e. The van der Waals surface area contributed by atoms with Crippen molar-refractivity contribution in [3.8, 4) is 34.4 Å². The van der Waals surface area contributed by atoms with Crippen molar-refractivity contribution < 1.29 is 34.3 Å². The lowest BCUT2D eigenvalue weighted by atomic mass is 9.93. The molecular formula is C42H49ClN4O7. The Labute approximate surface area is 322 Å². The molecule has 0 saturated carbocycles. The van der Waals surface area contributed by atoms with Crippen molar-refractivity contribution in [1.29, 1.82) is 5.26 Å². The summed E-state index contributed by atoms with van der Waals surface area (Å²) in [4.78, 5) is 20.1. The summed E-state index contributed by atoms with van der Waals surface area (Å²) in [6.45, 7) is 6.90. The van der Waals surface area contributed by atoms with Crippen LogP contribution in [0.3, 0.4) is 0 Å². The van der Waals surface area contributed by atoms with E-state index in [1.165, 1.54) is 6.20 Å². The van der Waals surface area contributed by atoms with Gasteiger partial charge in [0.25, 0.3) is 0 Å². The highest BCUT2D eigenvalue weighted by molar-refractivity contribution is 6.32. The van der Waals surface area contributed by atoms with Crippen LogP contribution < -0.4 is 14.2 Å². The van der Waals surface area contributed by atoms with E-state index < -0.39 is 18.1 Å². The molecule has 11 nitrogen and oxygen atoms in total. The Balaban J connectivity index is 1.32. The fourth-order valence-corrected chi connectivity index (χ4v) is 7.03. The second kappa shape index (κ2) is 19.6. The number of carboxylic acids is 1. The minimum Gasteiger partial charge on any atom is -0.493 e. The number of carboxylic acid groups (broad SMARTS) is 1. The first-order valence-electron chi connectivity index (χ1n) is 18.3. The fourth-order valence-electron chi connectivity index (χ4n) is 6.79. The van der Waals surface area contributed by atoms with Gasteiger partial charge in [-0.25, -0.2) is 0 Å². The lowest BCUT2D eigenvalue weighted by molar-refractivity contribution is -0.144. The van der Waals surface area contributed by atoms with Crippen molar-refractivity contribution in [1.82, 2.24) is 14.8 Å². The highest BCUT2D eigenvalue weighted by Gasteiger charge is 2.29. The number of likely N-dealkylation sites (tertiary alicyclic amines) is 1. The molecule has 1 aliphatic heterocycles. The van der Waals surface area contributed by atoms with Crippen LogP contribution in [-0.4, -0.2) is 88.1 Å². The maximum absolute atomic E-state index is 12.1. The zero-order chi connectivity index (χ0) is 38.6. The predicted octanol–water partition coefficient (Wildman–Crippen LogP) is 6.54. The zero-order valence-corrected chi connectivity index (χ0v) is 31.9. The number of benzene rings is 3. The quantitative estimate of drug-likeness (QED) is 0.0951. The number of nitriles is 1. The third-order valence-corrected chi connectivity index (χ3v) is 10.1. The standard InChI is InChI=1S/C42H49ClN4O7/c1-28-32(9-6-10-35(28)36-11-7-13-39(29(36)2)52-16-8-14-46(3)24-34(49)25-48)27-54-41-19-40(53-26-31-17-30(20-44)21-45-22-31)33(18-37(41)43)23-47-15-5-4-12-38(47)42(50)51/h6-7,9-11,13,17-19,21-22,34,38,48-49H,4-5,8,12,14-16,23-27H2,1-3H3,(H,50,51). The molecule has 0 radical (unpaired) electrons. The number of halogens is 1. The minimum atomic E-state index is -0.842. The van der Waals surface area contributed by atoms with Gasteiger partial charge in [0, 0.05) is 49.2 Å². The van der Waals surface area contributed by atoms with Gasteiger partial charge in [0.05, 0.1) is 29.9 Å². The Hall–Kier alpha value is -4.70. The summed E-state index contributed by atoms with van der Waals surface area (Å²) in [6, 6.07) is 18.9. The Morgan fingerprint density at radius 1 is 1.00 bits per heavy atom. The number of likely N-dealkylation sites (N-methyl/N-ethyl adjacent to an activating group) is 1. The van der Waals surface area contributed by atoms with Gasteiger partial charge in [0.2, 0.25) is 0 Å². The number of nitrogens with zero attached hydrogens (tertiary/aromatic N) is 4. The van der Waals surface area contributed by atoms with Gasteiger partial charge < -0.3 is 34.4 Å². The summed E-state index contributed by atoms with van der Waals surface area (Å²) in [5.41, 5.74) is 7.07. The van der Waals surface area contributed by atoms with E-state index in [-0.39, 0.29) is 19.8 Å². The Morgan fingerprint density at radius 3 is 2.52 bits per heavy atom. The second-order valence-electron chi connectivity index (χ2n) is 13.8. The number of ether oxygens (including phenoxy) is 3. The van der Waals surface area contributed by atoms with Gasteiger partial charge in [-0.05, 0) is 92.7 Å². The van der Waals surface area contributed by atoms with E-state index in [4.69, 9.17) is 30.9 Å². The molecule has 1 aliphatic rings. The number of aliphatic hydroxyl groups excluding tert-OH is 2. The number of hydrogen-bond donors (Lipinski definition) is 3. The molecule has 286 valence electrons. The van der Waals surface area contributed by atoms with Crippen molar-refractivity contribution in [3.63, 3.8) is 0 Å². The monoisotopic (exact) mass is 756 g/mol. The Kier molecular flexibility index (Phi) is 14.7. The fraction of sp³-hybridized carbons (Fsp3) is 0.405. The number of piperidine rings is 1. The van der Waals surface area contributed by atoms with Gasteiger partial charge in [-0.2, -0.15) is 5.26 Å². The molecule has 12 heteroatoms. The zero-order valence-electron chi connectivity index (χ0n) is 31.1. The molecule has 1 saturated heterocycles. The molecule has 2 unspecified atom stereocenters. The van der Waals surface area contributed by atoms with E-state index in [0.717, 1.165) is 70.5 Å². The molecule has 5 rings (SSSR count). The van der Waals surface area contributed by atoms with Crippen molar-refractivity contribution >= 4 is 17.6 Å². The van der Waals surface area contributed by atoms with Crippen LogP contribution in [0.4, 0.5) is 0 Å². The maximum Gasteiger partial charge on any atom is 0.320 e. The highest BCUT2D eigenvalue weighted by atomic mass is 35.5. The van der Waals surface area contributed by atoms with Crippen LogP contribution in [0.1, 0.15) is 59.1 Å². The number of pyridine rings is 1. The normalized spacial score (nSPS) is 15.1. The third kappa shape index (κ3) is 10.7. The number of rotatable bonds is 18. The van der Waals surface area contributed by atoms with Gasteiger partial charge in [0.1, 0.15) is 42.6 Å². The first-order chi connectivity index (χ1) is 26.1. The van der Waals surface area contributed by atoms with E-state index in [1.54, 1.807) is 24.4 Å². The molecule has 1 aromatic heterocycles. The average Bonchev–Trinajstić information content (AvgIpc) is 3.17. The lowest BCUT2D eigenvalue weighted by Gasteiger charge is -2.33.